The highest BCUT2D eigenvalue weighted by Gasteiger charge is 2.56. The van der Waals surface area contributed by atoms with Crippen LogP contribution in [-0.2, 0) is 10.3 Å². The summed E-state index contributed by atoms with van der Waals surface area (Å²) in [4.78, 5) is 25.8. The number of nitrogens with zero attached hydrogens (tertiary/aromatic N) is 4. The molecule has 0 aromatic carbocycles. The van der Waals surface area contributed by atoms with Gasteiger partial charge in [-0.15, -0.1) is 0 Å². The van der Waals surface area contributed by atoms with Crippen LogP contribution in [0.15, 0.2) is 30.3 Å². The number of carbonyl (C=O) groups excluding carboxylic acids is 1. The van der Waals surface area contributed by atoms with Crippen LogP contribution in [0, 0.1) is 5.41 Å². The summed E-state index contributed by atoms with van der Waals surface area (Å²) in [6.45, 7) is 1.97. The van der Waals surface area contributed by atoms with Crippen molar-refractivity contribution < 1.29 is 32.9 Å². The highest BCUT2D eigenvalue weighted by Crippen LogP contribution is 2.54. The minimum absolute atomic E-state index is 0.0472. The van der Waals surface area contributed by atoms with Crippen LogP contribution in [0.2, 0.25) is 0 Å². The number of rotatable bonds is 6. The number of aliphatic hydroxyl groups is 2. The standard InChI is InChI=1S/C25H30F3N5O4/c26-25(27,28)24(36,16-34)18-5-4-17(21(29-18)33-10-8-23(6-7-23)9-11-33)22(35)31-19-2-1-3-20(30-19)32-12-14-37-15-13-32/h1-5,34,36H,6-16H2,(H,30,31,35)/t24-/m0/s1. The lowest BCUT2D eigenvalue weighted by molar-refractivity contribution is -0.279. The first-order valence-electron chi connectivity index (χ1n) is 12.4. The Kier molecular flexibility index (Phi) is 6.75. The third kappa shape index (κ3) is 5.10. The van der Waals surface area contributed by atoms with E-state index in [0.29, 0.717) is 51.0 Å². The predicted octanol–water partition coefficient (Wildman–Crippen LogP) is 2.69. The molecule has 0 unspecified atom stereocenters. The quantitative estimate of drug-likeness (QED) is 0.532. The molecule has 0 bridgehead atoms. The smallest absolute Gasteiger partial charge is 0.393 e. The van der Waals surface area contributed by atoms with E-state index in [2.05, 4.69) is 15.3 Å². The van der Waals surface area contributed by atoms with E-state index in [9.17, 15) is 28.2 Å². The number of hydrogen-bond donors (Lipinski definition) is 3. The van der Waals surface area contributed by atoms with Gasteiger partial charge in [-0.2, -0.15) is 13.2 Å². The number of pyridine rings is 2. The molecule has 3 aliphatic rings. The molecule has 1 spiro atoms. The first-order chi connectivity index (χ1) is 17.6. The SMILES string of the molecule is O=C(Nc1cccc(N2CCOCC2)n1)c1ccc([C@@](O)(CO)C(F)(F)F)nc1N1CCC2(CC1)CC2. The molecule has 2 aromatic rings. The van der Waals surface area contributed by atoms with Crippen LogP contribution >= 0.6 is 0 Å². The molecule has 1 aliphatic carbocycles. The minimum atomic E-state index is -5.15. The average Bonchev–Trinajstić information content (AvgIpc) is 3.66. The number of anilines is 3. The zero-order chi connectivity index (χ0) is 26.3. The molecule has 0 radical (unpaired) electrons. The van der Waals surface area contributed by atoms with Gasteiger partial charge in [-0.25, -0.2) is 9.97 Å². The van der Waals surface area contributed by atoms with Gasteiger partial charge in [-0.05, 0) is 55.4 Å². The van der Waals surface area contributed by atoms with Crippen LogP contribution in [0.1, 0.15) is 41.7 Å². The lowest BCUT2D eigenvalue weighted by Gasteiger charge is -2.35. The minimum Gasteiger partial charge on any atom is -0.393 e. The summed E-state index contributed by atoms with van der Waals surface area (Å²) in [5.74, 6) is 0.443. The lowest BCUT2D eigenvalue weighted by atomic mass is 9.93. The maximum atomic E-state index is 13.6. The zero-order valence-corrected chi connectivity index (χ0v) is 20.3. The van der Waals surface area contributed by atoms with E-state index in [1.54, 1.807) is 17.0 Å². The summed E-state index contributed by atoms with van der Waals surface area (Å²) in [6.07, 6.45) is -1.19. The van der Waals surface area contributed by atoms with Crippen LogP contribution in [-0.4, -0.2) is 78.3 Å². The molecule has 9 nitrogen and oxygen atoms in total. The fourth-order valence-electron chi connectivity index (χ4n) is 4.93. The molecule has 2 saturated heterocycles. The number of piperidine rings is 1. The average molecular weight is 522 g/mol. The summed E-state index contributed by atoms with van der Waals surface area (Å²) >= 11 is 0. The van der Waals surface area contributed by atoms with E-state index in [4.69, 9.17) is 4.74 Å². The molecule has 2 aliphatic heterocycles. The fraction of sp³-hybridized carbons (Fsp3) is 0.560. The van der Waals surface area contributed by atoms with Gasteiger partial charge < -0.3 is 30.1 Å². The summed E-state index contributed by atoms with van der Waals surface area (Å²) in [5.41, 5.74) is -3.94. The van der Waals surface area contributed by atoms with E-state index in [-0.39, 0.29) is 16.8 Å². The van der Waals surface area contributed by atoms with E-state index < -0.39 is 30.0 Å². The molecular weight excluding hydrogens is 491 g/mol. The van der Waals surface area contributed by atoms with Crippen molar-refractivity contribution in [3.8, 4) is 0 Å². The Bertz CT molecular complexity index is 1140. The van der Waals surface area contributed by atoms with Gasteiger partial charge >= 0.3 is 6.18 Å². The van der Waals surface area contributed by atoms with Gasteiger partial charge in [-0.1, -0.05) is 6.07 Å². The third-order valence-corrected chi connectivity index (χ3v) is 7.63. The number of hydrogen-bond acceptors (Lipinski definition) is 8. The Balaban J connectivity index is 1.44. The maximum absolute atomic E-state index is 13.6. The first-order valence-corrected chi connectivity index (χ1v) is 12.4. The molecule has 12 heteroatoms. The third-order valence-electron chi connectivity index (χ3n) is 7.63. The van der Waals surface area contributed by atoms with Gasteiger partial charge in [0.1, 0.15) is 17.5 Å². The second-order valence-corrected chi connectivity index (χ2v) is 10.0. The van der Waals surface area contributed by atoms with Crippen molar-refractivity contribution in [1.29, 1.82) is 0 Å². The zero-order valence-electron chi connectivity index (χ0n) is 20.3. The molecule has 1 saturated carbocycles. The lowest BCUT2D eigenvalue weighted by Crippen LogP contribution is -2.46. The van der Waals surface area contributed by atoms with Crippen molar-refractivity contribution in [3.63, 3.8) is 0 Å². The van der Waals surface area contributed by atoms with Crippen LogP contribution < -0.4 is 15.1 Å². The number of halogens is 3. The highest BCUT2D eigenvalue weighted by molar-refractivity contribution is 6.07. The van der Waals surface area contributed by atoms with Gasteiger partial charge in [0.15, 0.2) is 0 Å². The predicted molar refractivity (Wildman–Crippen MR) is 130 cm³/mol. The van der Waals surface area contributed by atoms with Crippen molar-refractivity contribution in [1.82, 2.24) is 9.97 Å². The largest absolute Gasteiger partial charge is 0.425 e. The number of carbonyl (C=O) groups is 1. The van der Waals surface area contributed by atoms with Crippen LogP contribution in [0.4, 0.5) is 30.6 Å². The number of amides is 1. The van der Waals surface area contributed by atoms with Gasteiger partial charge in [0.25, 0.3) is 5.91 Å². The summed E-state index contributed by atoms with van der Waals surface area (Å²) in [7, 11) is 0. The van der Waals surface area contributed by atoms with Gasteiger partial charge in [0.05, 0.1) is 31.1 Å². The first kappa shape index (κ1) is 25.7. The molecule has 2 aromatic heterocycles. The van der Waals surface area contributed by atoms with Crippen LogP contribution in [0.5, 0.6) is 0 Å². The van der Waals surface area contributed by atoms with Crippen molar-refractivity contribution >= 4 is 23.4 Å². The number of ether oxygens (including phenoxy) is 1. The second-order valence-electron chi connectivity index (χ2n) is 10.0. The van der Waals surface area contributed by atoms with Crippen molar-refractivity contribution in [3.05, 3.63) is 41.6 Å². The number of nitrogens with one attached hydrogen (secondary N) is 1. The van der Waals surface area contributed by atoms with E-state index >= 15 is 0 Å². The number of alkyl halides is 3. The molecule has 1 atom stereocenters. The fourth-order valence-corrected chi connectivity index (χ4v) is 4.93. The van der Waals surface area contributed by atoms with E-state index in [1.807, 2.05) is 11.0 Å². The molecule has 4 heterocycles. The summed E-state index contributed by atoms with van der Waals surface area (Å²) in [6, 6.07) is 7.38. The number of morpholine rings is 1. The number of aliphatic hydroxyl groups excluding tert-OH is 1. The topological polar surface area (TPSA) is 111 Å². The number of aromatic nitrogens is 2. The Morgan fingerprint density at radius 1 is 1.00 bits per heavy atom. The molecule has 3 fully saturated rings. The Labute approximate surface area is 212 Å². The molecular formula is C25H30F3N5O4. The molecule has 3 N–H and O–H groups in total. The van der Waals surface area contributed by atoms with Crippen molar-refractivity contribution in [2.75, 3.05) is 61.1 Å². The molecule has 37 heavy (non-hydrogen) atoms. The van der Waals surface area contributed by atoms with Gasteiger partial charge in [-0.3, -0.25) is 4.79 Å². The van der Waals surface area contributed by atoms with Gasteiger partial charge in [0.2, 0.25) is 5.60 Å². The van der Waals surface area contributed by atoms with E-state index in [1.165, 1.54) is 6.07 Å². The molecule has 200 valence electrons. The maximum Gasteiger partial charge on any atom is 0.425 e. The molecule has 5 rings (SSSR count). The summed E-state index contributed by atoms with van der Waals surface area (Å²) < 4.78 is 46.3. The highest BCUT2D eigenvalue weighted by atomic mass is 19.4. The Hall–Kier alpha value is -2.96. The summed E-state index contributed by atoms with van der Waals surface area (Å²) in [5, 5.41) is 22.5. The second kappa shape index (κ2) is 9.73. The van der Waals surface area contributed by atoms with Gasteiger partial charge in [0, 0.05) is 26.2 Å². The Morgan fingerprint density at radius 2 is 1.70 bits per heavy atom. The van der Waals surface area contributed by atoms with Crippen molar-refractivity contribution in [2.45, 2.75) is 37.5 Å². The van der Waals surface area contributed by atoms with Crippen molar-refractivity contribution in [2.24, 2.45) is 5.41 Å². The molecule has 1 amide bonds. The Morgan fingerprint density at radius 3 is 2.32 bits per heavy atom. The monoisotopic (exact) mass is 521 g/mol. The van der Waals surface area contributed by atoms with E-state index in [0.717, 1.165) is 31.7 Å². The van der Waals surface area contributed by atoms with Crippen LogP contribution in [0.25, 0.3) is 0 Å². The van der Waals surface area contributed by atoms with Crippen LogP contribution in [0.3, 0.4) is 0 Å². The normalized spacial score (nSPS) is 21.0.